The molecule has 0 aliphatic heterocycles. The Balaban J connectivity index is 2.08. The number of aromatic nitrogens is 1. The summed E-state index contributed by atoms with van der Waals surface area (Å²) in [5.41, 5.74) is 0.260. The second-order valence-electron chi connectivity index (χ2n) is 4.98. The number of hydrogen-bond donors (Lipinski definition) is 1. The summed E-state index contributed by atoms with van der Waals surface area (Å²) in [6.45, 7) is 0. The van der Waals surface area contributed by atoms with E-state index < -0.39 is 27.9 Å². The summed E-state index contributed by atoms with van der Waals surface area (Å²) in [6, 6.07) is 15.0. The predicted octanol–water partition coefficient (Wildman–Crippen LogP) is 4.16. The topological polar surface area (TPSA) is 72.2 Å². The van der Waals surface area contributed by atoms with Gasteiger partial charge in [-0.05, 0) is 12.1 Å². The van der Waals surface area contributed by atoms with Crippen LogP contribution in [0.3, 0.4) is 0 Å². The summed E-state index contributed by atoms with van der Waals surface area (Å²) in [4.78, 5) is 3.18. The van der Waals surface area contributed by atoms with Crippen LogP contribution < -0.4 is 4.72 Å². The van der Waals surface area contributed by atoms with Gasteiger partial charge in [0.25, 0.3) is 10.0 Å². The quantitative estimate of drug-likeness (QED) is 0.751. The fraction of sp³-hybridized carbons (Fsp3) is 0.0625. The van der Waals surface area contributed by atoms with E-state index >= 15 is 0 Å². The van der Waals surface area contributed by atoms with Crippen LogP contribution in [-0.2, 0) is 16.2 Å². The van der Waals surface area contributed by atoms with Gasteiger partial charge in [-0.25, -0.2) is 8.42 Å². The van der Waals surface area contributed by atoms with Crippen molar-refractivity contribution in [1.29, 1.82) is 0 Å². The Hall–Kier alpha value is -2.81. The molecule has 0 aliphatic carbocycles. The van der Waals surface area contributed by atoms with Crippen LogP contribution in [0, 0.1) is 0 Å². The fourth-order valence-corrected chi connectivity index (χ4v) is 3.11. The van der Waals surface area contributed by atoms with Gasteiger partial charge in [-0.1, -0.05) is 48.5 Å². The lowest BCUT2D eigenvalue weighted by atomic mass is 10.2. The number of alkyl halides is 3. The van der Waals surface area contributed by atoms with Gasteiger partial charge < -0.3 is 4.42 Å². The molecular formula is C16H11F3N2O3S. The van der Waals surface area contributed by atoms with Gasteiger partial charge in [0.2, 0.25) is 0 Å². The Morgan fingerprint density at radius 3 is 2.04 bits per heavy atom. The third-order valence-electron chi connectivity index (χ3n) is 3.19. The summed E-state index contributed by atoms with van der Waals surface area (Å²) in [6.07, 6.45) is -4.85. The Labute approximate surface area is 141 Å². The number of sulfonamides is 1. The summed E-state index contributed by atoms with van der Waals surface area (Å²) >= 11 is 0. The van der Waals surface area contributed by atoms with Crippen LogP contribution in [0.15, 0.2) is 70.0 Å². The number of benzene rings is 2. The first-order valence-electron chi connectivity index (χ1n) is 6.99. The highest BCUT2D eigenvalue weighted by Crippen LogP contribution is 2.37. The van der Waals surface area contributed by atoms with Gasteiger partial charge in [0.1, 0.15) is 0 Å². The molecule has 3 aromatic rings. The first-order valence-corrected chi connectivity index (χ1v) is 8.47. The van der Waals surface area contributed by atoms with Crippen LogP contribution in [0.4, 0.5) is 19.0 Å². The van der Waals surface area contributed by atoms with E-state index in [0.29, 0.717) is 0 Å². The molecule has 0 saturated heterocycles. The third-order valence-corrected chi connectivity index (χ3v) is 4.55. The second-order valence-corrected chi connectivity index (χ2v) is 6.66. The highest BCUT2D eigenvalue weighted by molar-refractivity contribution is 7.92. The van der Waals surface area contributed by atoms with Gasteiger partial charge in [-0.15, -0.1) is 0 Å². The number of halogens is 3. The highest BCUT2D eigenvalue weighted by Gasteiger charge is 2.39. The van der Waals surface area contributed by atoms with E-state index in [1.165, 1.54) is 36.4 Å². The number of oxazole rings is 1. The molecule has 0 amide bonds. The summed E-state index contributed by atoms with van der Waals surface area (Å²) < 4.78 is 70.3. The SMILES string of the molecule is O=S(=O)(Nc1nc(C(F)(F)F)oc1-c1ccccc1)c1ccccc1. The number of nitrogens with one attached hydrogen (secondary N) is 1. The molecule has 130 valence electrons. The maximum Gasteiger partial charge on any atom is 0.469 e. The van der Waals surface area contributed by atoms with Crippen molar-refractivity contribution in [3.05, 3.63) is 66.6 Å². The van der Waals surface area contributed by atoms with Crippen molar-refractivity contribution >= 4 is 15.8 Å². The van der Waals surface area contributed by atoms with E-state index in [2.05, 4.69) is 9.71 Å². The molecule has 0 saturated carbocycles. The van der Waals surface area contributed by atoms with Crippen molar-refractivity contribution in [2.45, 2.75) is 11.1 Å². The fourth-order valence-electron chi connectivity index (χ4n) is 2.08. The van der Waals surface area contributed by atoms with Crippen molar-refractivity contribution in [2.75, 3.05) is 4.72 Å². The highest BCUT2D eigenvalue weighted by atomic mass is 32.2. The zero-order chi connectivity index (χ0) is 18.1. The third kappa shape index (κ3) is 3.66. The van der Waals surface area contributed by atoms with E-state index in [-0.39, 0.29) is 16.2 Å². The van der Waals surface area contributed by atoms with Crippen LogP contribution in [0.25, 0.3) is 11.3 Å². The average molecular weight is 368 g/mol. The normalized spacial score (nSPS) is 12.1. The van der Waals surface area contributed by atoms with Gasteiger partial charge in [-0.2, -0.15) is 18.2 Å². The molecule has 0 fully saturated rings. The van der Waals surface area contributed by atoms with E-state index in [0.717, 1.165) is 0 Å². The lowest BCUT2D eigenvalue weighted by Gasteiger charge is -2.06. The van der Waals surface area contributed by atoms with Crippen molar-refractivity contribution in [3.63, 3.8) is 0 Å². The minimum Gasteiger partial charge on any atom is -0.430 e. The van der Waals surface area contributed by atoms with Crippen molar-refractivity contribution in [3.8, 4) is 11.3 Å². The molecule has 1 heterocycles. The van der Waals surface area contributed by atoms with Crippen LogP contribution in [0.5, 0.6) is 0 Å². The standard InChI is InChI=1S/C16H11F3N2O3S/c17-16(18,19)15-20-14(13(24-15)11-7-3-1-4-8-11)21-25(22,23)12-9-5-2-6-10-12/h1-10,21H. The van der Waals surface area contributed by atoms with Crippen molar-refractivity contribution in [1.82, 2.24) is 4.98 Å². The molecule has 0 radical (unpaired) electrons. The minimum absolute atomic E-state index is 0.106. The lowest BCUT2D eigenvalue weighted by Crippen LogP contribution is -2.14. The molecule has 25 heavy (non-hydrogen) atoms. The smallest absolute Gasteiger partial charge is 0.430 e. The molecule has 5 nitrogen and oxygen atoms in total. The molecule has 1 N–H and O–H groups in total. The van der Waals surface area contributed by atoms with E-state index in [4.69, 9.17) is 4.42 Å². The molecule has 0 aliphatic rings. The van der Waals surface area contributed by atoms with Gasteiger partial charge in [0.05, 0.1) is 4.90 Å². The lowest BCUT2D eigenvalue weighted by molar-refractivity contribution is -0.156. The van der Waals surface area contributed by atoms with Crippen molar-refractivity contribution in [2.24, 2.45) is 0 Å². The molecule has 1 aromatic heterocycles. The van der Waals surface area contributed by atoms with Crippen LogP contribution in [0.1, 0.15) is 5.89 Å². The summed E-state index contributed by atoms with van der Waals surface area (Å²) in [5.74, 6) is -2.37. The Morgan fingerprint density at radius 2 is 1.48 bits per heavy atom. The summed E-state index contributed by atoms with van der Waals surface area (Å²) in [5, 5.41) is 0. The van der Waals surface area contributed by atoms with Crippen LogP contribution >= 0.6 is 0 Å². The van der Waals surface area contributed by atoms with Crippen LogP contribution in [0.2, 0.25) is 0 Å². The van der Waals surface area contributed by atoms with Gasteiger partial charge in [0, 0.05) is 5.56 Å². The van der Waals surface area contributed by atoms with Gasteiger partial charge >= 0.3 is 12.1 Å². The molecule has 0 bridgehead atoms. The molecular weight excluding hydrogens is 357 g/mol. The maximum absolute atomic E-state index is 12.9. The average Bonchev–Trinajstić information content (AvgIpc) is 3.00. The monoisotopic (exact) mass is 368 g/mol. The maximum atomic E-state index is 12.9. The Kier molecular flexibility index (Phi) is 4.25. The first-order chi connectivity index (χ1) is 11.8. The molecule has 0 atom stereocenters. The summed E-state index contributed by atoms with van der Waals surface area (Å²) in [7, 11) is -4.12. The van der Waals surface area contributed by atoms with Crippen molar-refractivity contribution < 1.29 is 26.0 Å². The van der Waals surface area contributed by atoms with E-state index in [1.54, 1.807) is 24.3 Å². The molecule has 3 rings (SSSR count). The number of hydrogen-bond acceptors (Lipinski definition) is 4. The predicted molar refractivity (Wildman–Crippen MR) is 84.2 cm³/mol. The van der Waals surface area contributed by atoms with E-state index in [9.17, 15) is 21.6 Å². The number of anilines is 1. The Morgan fingerprint density at radius 1 is 0.920 bits per heavy atom. The minimum atomic E-state index is -4.85. The molecule has 9 heteroatoms. The molecule has 2 aromatic carbocycles. The Bertz CT molecular complexity index is 969. The molecule has 0 unspecified atom stereocenters. The van der Waals surface area contributed by atoms with E-state index in [1.807, 2.05) is 0 Å². The zero-order valence-corrected chi connectivity index (χ0v) is 13.3. The van der Waals surface area contributed by atoms with Gasteiger partial charge in [0.15, 0.2) is 11.6 Å². The number of rotatable bonds is 4. The van der Waals surface area contributed by atoms with Gasteiger partial charge in [-0.3, -0.25) is 4.72 Å². The van der Waals surface area contributed by atoms with Crippen LogP contribution in [-0.4, -0.2) is 13.4 Å². The second kappa shape index (κ2) is 6.25. The first kappa shape index (κ1) is 17.0. The largest absolute Gasteiger partial charge is 0.469 e. The zero-order valence-electron chi connectivity index (χ0n) is 12.5. The molecule has 0 spiro atoms. The number of nitrogens with zero attached hydrogens (tertiary/aromatic N) is 1.